The summed E-state index contributed by atoms with van der Waals surface area (Å²) >= 11 is 5.59. The second-order valence-electron chi connectivity index (χ2n) is 3.43. The van der Waals surface area contributed by atoms with Crippen LogP contribution in [0.4, 0.5) is 11.4 Å². The number of nitrogens with zero attached hydrogens (tertiary/aromatic N) is 2. The van der Waals surface area contributed by atoms with Gasteiger partial charge >= 0.3 is 0 Å². The van der Waals surface area contributed by atoms with Gasteiger partial charge in [-0.15, -0.1) is 11.6 Å². The van der Waals surface area contributed by atoms with Gasteiger partial charge in [0.15, 0.2) is 0 Å². The minimum atomic E-state index is 0.259. The van der Waals surface area contributed by atoms with Crippen molar-refractivity contribution in [1.82, 2.24) is 0 Å². The molecule has 1 aromatic rings. The van der Waals surface area contributed by atoms with Gasteiger partial charge in [0.25, 0.3) is 0 Å². The van der Waals surface area contributed by atoms with Gasteiger partial charge in [-0.3, -0.25) is 0 Å². The van der Waals surface area contributed by atoms with Crippen LogP contribution in [0, 0.1) is 0 Å². The molecule has 3 nitrogen and oxygen atoms in total. The number of amidine groups is 1. The van der Waals surface area contributed by atoms with Gasteiger partial charge in [0.2, 0.25) is 0 Å². The van der Waals surface area contributed by atoms with E-state index < -0.39 is 0 Å². The highest BCUT2D eigenvalue weighted by Crippen LogP contribution is 2.21. The Balaban J connectivity index is 2.94. The van der Waals surface area contributed by atoms with Crippen LogP contribution in [0.5, 0.6) is 0 Å². The molecule has 0 aliphatic heterocycles. The van der Waals surface area contributed by atoms with Gasteiger partial charge in [-0.05, 0) is 32.0 Å². The molecular weight excluding hydrogens is 222 g/mol. The van der Waals surface area contributed by atoms with Crippen molar-refractivity contribution >= 4 is 28.8 Å². The monoisotopic (exact) mass is 239 g/mol. The number of benzene rings is 1. The molecule has 1 aromatic carbocycles. The molecule has 88 valence electrons. The van der Waals surface area contributed by atoms with Crippen molar-refractivity contribution in [2.24, 2.45) is 10.7 Å². The summed E-state index contributed by atoms with van der Waals surface area (Å²) in [5, 5.41) is 0. The van der Waals surface area contributed by atoms with E-state index in [1.165, 1.54) is 0 Å². The molecule has 0 fully saturated rings. The zero-order valence-corrected chi connectivity index (χ0v) is 10.5. The van der Waals surface area contributed by atoms with Crippen molar-refractivity contribution in [2.45, 2.75) is 13.8 Å². The van der Waals surface area contributed by atoms with Crippen LogP contribution in [0.2, 0.25) is 0 Å². The van der Waals surface area contributed by atoms with Gasteiger partial charge in [0, 0.05) is 18.8 Å². The first-order chi connectivity index (χ1) is 7.71. The standard InChI is InChI=1S/C12H18ClN3/c1-3-16(4-2)11-7-5-6-10(8-11)15-12(14)9-13/h5-8H,3-4,9H2,1-2H3,(H2,14,15). The van der Waals surface area contributed by atoms with E-state index in [1.54, 1.807) is 0 Å². The number of rotatable bonds is 5. The largest absolute Gasteiger partial charge is 0.386 e. The molecule has 0 amide bonds. The van der Waals surface area contributed by atoms with Crippen molar-refractivity contribution in [1.29, 1.82) is 0 Å². The molecule has 0 aliphatic carbocycles. The zero-order valence-electron chi connectivity index (χ0n) is 9.78. The van der Waals surface area contributed by atoms with Crippen LogP contribution >= 0.6 is 11.6 Å². The van der Waals surface area contributed by atoms with E-state index in [4.69, 9.17) is 17.3 Å². The van der Waals surface area contributed by atoms with Crippen LogP contribution in [-0.2, 0) is 0 Å². The average Bonchev–Trinajstić information content (AvgIpc) is 2.31. The van der Waals surface area contributed by atoms with Crippen LogP contribution in [0.25, 0.3) is 0 Å². The van der Waals surface area contributed by atoms with E-state index in [0.29, 0.717) is 5.84 Å². The maximum atomic E-state index is 5.60. The van der Waals surface area contributed by atoms with E-state index in [0.717, 1.165) is 24.5 Å². The van der Waals surface area contributed by atoms with E-state index in [-0.39, 0.29) is 5.88 Å². The topological polar surface area (TPSA) is 41.6 Å². The second-order valence-corrected chi connectivity index (χ2v) is 3.70. The molecule has 0 unspecified atom stereocenters. The first-order valence-corrected chi connectivity index (χ1v) is 5.98. The summed E-state index contributed by atoms with van der Waals surface area (Å²) < 4.78 is 0. The summed E-state index contributed by atoms with van der Waals surface area (Å²) in [7, 11) is 0. The van der Waals surface area contributed by atoms with Crippen LogP contribution < -0.4 is 10.6 Å². The molecule has 4 heteroatoms. The van der Waals surface area contributed by atoms with E-state index in [9.17, 15) is 0 Å². The van der Waals surface area contributed by atoms with Crippen molar-refractivity contribution < 1.29 is 0 Å². The van der Waals surface area contributed by atoms with Gasteiger partial charge in [0.05, 0.1) is 11.6 Å². The molecule has 0 atom stereocenters. The van der Waals surface area contributed by atoms with Crippen LogP contribution in [0.1, 0.15) is 13.8 Å². The molecule has 16 heavy (non-hydrogen) atoms. The van der Waals surface area contributed by atoms with Gasteiger partial charge in [0.1, 0.15) is 5.84 Å². The molecule has 0 radical (unpaired) electrons. The first kappa shape index (κ1) is 12.8. The summed E-state index contributed by atoms with van der Waals surface area (Å²) in [4.78, 5) is 6.48. The molecule has 0 saturated carbocycles. The quantitative estimate of drug-likeness (QED) is 0.488. The Morgan fingerprint density at radius 2 is 2.06 bits per heavy atom. The fourth-order valence-electron chi connectivity index (χ4n) is 1.54. The fourth-order valence-corrected chi connectivity index (χ4v) is 1.60. The third-order valence-electron chi connectivity index (χ3n) is 2.37. The molecule has 1 rings (SSSR count). The molecule has 0 spiro atoms. The Bertz CT molecular complexity index is 359. The number of halogens is 1. The molecule has 2 N–H and O–H groups in total. The van der Waals surface area contributed by atoms with Gasteiger partial charge in [-0.25, -0.2) is 4.99 Å². The Morgan fingerprint density at radius 3 is 2.62 bits per heavy atom. The number of hydrogen-bond donors (Lipinski definition) is 1. The van der Waals surface area contributed by atoms with Gasteiger partial charge < -0.3 is 10.6 Å². The van der Waals surface area contributed by atoms with Gasteiger partial charge in [-0.2, -0.15) is 0 Å². The van der Waals surface area contributed by atoms with Crippen molar-refractivity contribution in [3.8, 4) is 0 Å². The molecular formula is C12H18ClN3. The summed E-state index contributed by atoms with van der Waals surface area (Å²) in [6.07, 6.45) is 0. The zero-order chi connectivity index (χ0) is 12.0. The number of alkyl halides is 1. The molecule has 0 saturated heterocycles. The van der Waals surface area contributed by atoms with Crippen LogP contribution in [0.15, 0.2) is 29.3 Å². The number of anilines is 1. The van der Waals surface area contributed by atoms with Crippen LogP contribution in [0.3, 0.4) is 0 Å². The third kappa shape index (κ3) is 3.42. The molecule has 0 aromatic heterocycles. The van der Waals surface area contributed by atoms with Crippen molar-refractivity contribution in [3.05, 3.63) is 24.3 Å². The Labute approximate surface area is 102 Å². The lowest BCUT2D eigenvalue weighted by Crippen LogP contribution is -2.21. The van der Waals surface area contributed by atoms with Gasteiger partial charge in [-0.1, -0.05) is 6.07 Å². The third-order valence-corrected chi connectivity index (χ3v) is 2.64. The van der Waals surface area contributed by atoms with E-state index in [1.807, 2.05) is 18.2 Å². The highest BCUT2D eigenvalue weighted by molar-refractivity contribution is 6.28. The minimum Gasteiger partial charge on any atom is -0.386 e. The van der Waals surface area contributed by atoms with E-state index >= 15 is 0 Å². The number of aliphatic imine (C=N–C) groups is 1. The molecule has 0 bridgehead atoms. The smallest absolute Gasteiger partial charge is 0.115 e. The normalized spacial score (nSPS) is 11.6. The SMILES string of the molecule is CCN(CC)c1cccc(N=C(N)CCl)c1. The predicted molar refractivity (Wildman–Crippen MR) is 72.0 cm³/mol. The molecule has 0 aliphatic rings. The minimum absolute atomic E-state index is 0.259. The van der Waals surface area contributed by atoms with Crippen molar-refractivity contribution in [3.63, 3.8) is 0 Å². The number of nitrogens with two attached hydrogens (primary N) is 1. The second kappa shape index (κ2) is 6.38. The Hall–Kier alpha value is -1.22. The molecule has 0 heterocycles. The summed E-state index contributed by atoms with van der Waals surface area (Å²) in [6, 6.07) is 8.00. The average molecular weight is 240 g/mol. The summed E-state index contributed by atoms with van der Waals surface area (Å²) in [5.41, 5.74) is 7.61. The summed E-state index contributed by atoms with van der Waals surface area (Å²) in [6.45, 7) is 6.22. The number of hydrogen-bond acceptors (Lipinski definition) is 2. The maximum absolute atomic E-state index is 5.60. The van der Waals surface area contributed by atoms with Crippen LogP contribution in [-0.4, -0.2) is 24.8 Å². The maximum Gasteiger partial charge on any atom is 0.115 e. The summed E-state index contributed by atoms with van der Waals surface area (Å²) in [5.74, 6) is 0.702. The Morgan fingerprint density at radius 1 is 1.38 bits per heavy atom. The lowest BCUT2D eigenvalue weighted by Gasteiger charge is -2.21. The lowest BCUT2D eigenvalue weighted by atomic mass is 10.2. The highest BCUT2D eigenvalue weighted by atomic mass is 35.5. The lowest BCUT2D eigenvalue weighted by molar-refractivity contribution is 0.866. The highest BCUT2D eigenvalue weighted by Gasteiger charge is 2.02. The van der Waals surface area contributed by atoms with Crippen molar-refractivity contribution in [2.75, 3.05) is 23.9 Å². The van der Waals surface area contributed by atoms with E-state index in [2.05, 4.69) is 29.8 Å². The first-order valence-electron chi connectivity index (χ1n) is 5.45. The Kier molecular flexibility index (Phi) is 5.12. The fraction of sp³-hybridized carbons (Fsp3) is 0.417. The predicted octanol–water partition coefficient (Wildman–Crippen LogP) is 2.76.